The maximum atomic E-state index is 12.0. The highest BCUT2D eigenvalue weighted by Crippen LogP contribution is 2.00. The van der Waals surface area contributed by atoms with Gasteiger partial charge in [-0.15, -0.1) is 0 Å². The summed E-state index contributed by atoms with van der Waals surface area (Å²) < 4.78 is 5.01. The molecule has 0 aliphatic heterocycles. The zero-order valence-corrected chi connectivity index (χ0v) is 14.8. The Morgan fingerprint density at radius 2 is 1.38 bits per heavy atom. The highest BCUT2D eigenvalue weighted by Gasteiger charge is 2.23. The van der Waals surface area contributed by atoms with Crippen molar-refractivity contribution in [3.63, 3.8) is 0 Å². The van der Waals surface area contributed by atoms with Crippen LogP contribution < -0.4 is 16.0 Å². The van der Waals surface area contributed by atoms with E-state index in [1.54, 1.807) is 12.1 Å². The van der Waals surface area contributed by atoms with Crippen molar-refractivity contribution in [2.24, 2.45) is 0 Å². The Bertz CT molecular complexity index is 649. The molecule has 0 aromatic heterocycles. The highest BCUT2D eigenvalue weighted by molar-refractivity contribution is 5.92. The van der Waals surface area contributed by atoms with Crippen LogP contribution in [0.5, 0.6) is 0 Å². The molecule has 1 aromatic carbocycles. The van der Waals surface area contributed by atoms with E-state index in [0.29, 0.717) is 0 Å². The first-order valence-electron chi connectivity index (χ1n) is 8.01. The molecule has 9 heteroatoms. The smallest absolute Gasteiger partial charge is 0.408 e. The van der Waals surface area contributed by atoms with Crippen molar-refractivity contribution in [1.29, 1.82) is 0 Å². The number of hydrogen-bond donors (Lipinski definition) is 4. The molecule has 3 amide bonds. The molecule has 0 aliphatic carbocycles. The first-order valence-corrected chi connectivity index (χ1v) is 8.01. The molecule has 0 saturated heterocycles. The summed E-state index contributed by atoms with van der Waals surface area (Å²) in [5.41, 5.74) is 0.803. The maximum Gasteiger partial charge on any atom is 0.408 e. The number of aliphatic carboxylic acids is 1. The van der Waals surface area contributed by atoms with Gasteiger partial charge in [0.2, 0.25) is 11.8 Å². The minimum absolute atomic E-state index is 0.0624. The van der Waals surface area contributed by atoms with E-state index in [1.807, 2.05) is 18.2 Å². The number of carboxylic acid groups (broad SMARTS) is 1. The number of nitrogens with one attached hydrogen (secondary N) is 3. The van der Waals surface area contributed by atoms with Crippen molar-refractivity contribution < 1.29 is 29.0 Å². The molecule has 9 nitrogen and oxygen atoms in total. The number of carbonyl (C=O) groups is 4. The number of amides is 3. The Morgan fingerprint density at radius 1 is 0.885 bits per heavy atom. The molecular weight excluding hydrogens is 342 g/mol. The Hall–Kier alpha value is -3.10. The standard InChI is InChI=1S/C17H23N3O6/c1-10(14(21)19-12(3)16(23)24)18-15(22)11(2)20-17(25)26-9-13-7-5-4-6-8-13/h4-8,10-12H,9H2,1-3H3,(H,18,22)(H,19,21)(H,20,25)(H,23,24)/t10-,11-,12-/m0/s1. The van der Waals surface area contributed by atoms with Crippen LogP contribution in [0.3, 0.4) is 0 Å². The van der Waals surface area contributed by atoms with E-state index >= 15 is 0 Å². The van der Waals surface area contributed by atoms with E-state index < -0.39 is 42.0 Å². The van der Waals surface area contributed by atoms with Gasteiger partial charge >= 0.3 is 12.1 Å². The van der Waals surface area contributed by atoms with Gasteiger partial charge in [-0.2, -0.15) is 0 Å². The number of ether oxygens (including phenoxy) is 1. The number of benzene rings is 1. The first kappa shape index (κ1) is 20.9. The van der Waals surface area contributed by atoms with Crippen LogP contribution in [-0.4, -0.2) is 47.1 Å². The Labute approximate surface area is 151 Å². The van der Waals surface area contributed by atoms with E-state index in [1.165, 1.54) is 20.8 Å². The molecule has 0 aliphatic rings. The minimum atomic E-state index is -1.19. The van der Waals surface area contributed by atoms with E-state index in [-0.39, 0.29) is 6.61 Å². The van der Waals surface area contributed by atoms with Crippen molar-refractivity contribution in [1.82, 2.24) is 16.0 Å². The van der Waals surface area contributed by atoms with Gasteiger partial charge in [0, 0.05) is 0 Å². The molecule has 0 unspecified atom stereocenters. The van der Waals surface area contributed by atoms with Crippen LogP contribution in [0.2, 0.25) is 0 Å². The van der Waals surface area contributed by atoms with Gasteiger partial charge in [-0.05, 0) is 26.3 Å². The van der Waals surface area contributed by atoms with Gasteiger partial charge in [-0.1, -0.05) is 30.3 Å². The number of alkyl carbamates (subject to hydrolysis) is 1. The quantitative estimate of drug-likeness (QED) is 0.527. The molecule has 0 spiro atoms. The van der Waals surface area contributed by atoms with E-state index in [0.717, 1.165) is 5.56 Å². The van der Waals surface area contributed by atoms with Gasteiger partial charge in [0.15, 0.2) is 0 Å². The average molecular weight is 365 g/mol. The second-order valence-corrected chi connectivity index (χ2v) is 5.73. The first-order chi connectivity index (χ1) is 12.2. The third-order valence-corrected chi connectivity index (χ3v) is 3.42. The van der Waals surface area contributed by atoms with E-state index in [2.05, 4.69) is 16.0 Å². The van der Waals surface area contributed by atoms with E-state index in [9.17, 15) is 19.2 Å². The van der Waals surface area contributed by atoms with Gasteiger partial charge in [0.25, 0.3) is 0 Å². The molecule has 0 saturated carbocycles. The lowest BCUT2D eigenvalue weighted by molar-refractivity contribution is -0.141. The molecule has 1 rings (SSSR count). The summed E-state index contributed by atoms with van der Waals surface area (Å²) in [5, 5.41) is 15.7. The van der Waals surface area contributed by atoms with Crippen LogP contribution in [0.15, 0.2) is 30.3 Å². The predicted octanol–water partition coefficient (Wildman–Crippen LogP) is 0.395. The molecule has 4 N–H and O–H groups in total. The van der Waals surface area contributed by atoms with Gasteiger partial charge in [0.1, 0.15) is 24.7 Å². The molecule has 0 heterocycles. The third kappa shape index (κ3) is 7.20. The normalized spacial score (nSPS) is 13.7. The summed E-state index contributed by atoms with van der Waals surface area (Å²) in [6.07, 6.45) is -0.770. The van der Waals surface area contributed by atoms with Crippen LogP contribution in [0.4, 0.5) is 4.79 Å². The van der Waals surface area contributed by atoms with Crippen LogP contribution in [0.25, 0.3) is 0 Å². The average Bonchev–Trinajstić information content (AvgIpc) is 2.60. The third-order valence-electron chi connectivity index (χ3n) is 3.42. The Balaban J connectivity index is 2.40. The molecular formula is C17H23N3O6. The Kier molecular flexibility index (Phi) is 8.07. The number of carboxylic acids is 1. The lowest BCUT2D eigenvalue weighted by atomic mass is 10.2. The summed E-state index contributed by atoms with van der Waals surface area (Å²) in [6, 6.07) is 6.06. The van der Waals surface area contributed by atoms with Crippen molar-refractivity contribution in [3.8, 4) is 0 Å². The van der Waals surface area contributed by atoms with Gasteiger partial charge in [-0.3, -0.25) is 14.4 Å². The number of hydrogen-bond acceptors (Lipinski definition) is 5. The number of rotatable bonds is 8. The second kappa shape index (κ2) is 10.0. The van der Waals surface area contributed by atoms with Gasteiger partial charge < -0.3 is 25.8 Å². The van der Waals surface area contributed by atoms with Crippen molar-refractivity contribution in [2.75, 3.05) is 0 Å². The van der Waals surface area contributed by atoms with Crippen LogP contribution >= 0.6 is 0 Å². The zero-order valence-electron chi connectivity index (χ0n) is 14.8. The van der Waals surface area contributed by atoms with Gasteiger partial charge in [-0.25, -0.2) is 4.79 Å². The second-order valence-electron chi connectivity index (χ2n) is 5.73. The summed E-state index contributed by atoms with van der Waals surface area (Å²) in [7, 11) is 0. The molecule has 142 valence electrons. The monoisotopic (exact) mass is 365 g/mol. The predicted molar refractivity (Wildman–Crippen MR) is 92.1 cm³/mol. The number of carbonyl (C=O) groups excluding carboxylic acids is 3. The summed E-state index contributed by atoms with van der Waals surface area (Å²) >= 11 is 0. The lowest BCUT2D eigenvalue weighted by Gasteiger charge is -2.19. The summed E-state index contributed by atoms with van der Waals surface area (Å²) in [5.74, 6) is -2.44. The largest absolute Gasteiger partial charge is 0.480 e. The maximum absolute atomic E-state index is 12.0. The fraction of sp³-hybridized carbons (Fsp3) is 0.412. The molecule has 0 fully saturated rings. The fourth-order valence-corrected chi connectivity index (χ4v) is 1.81. The fourth-order valence-electron chi connectivity index (χ4n) is 1.81. The Morgan fingerprint density at radius 3 is 1.92 bits per heavy atom. The topological polar surface area (TPSA) is 134 Å². The molecule has 0 radical (unpaired) electrons. The molecule has 1 aromatic rings. The van der Waals surface area contributed by atoms with Crippen molar-refractivity contribution in [3.05, 3.63) is 35.9 Å². The zero-order chi connectivity index (χ0) is 19.7. The molecule has 3 atom stereocenters. The highest BCUT2D eigenvalue weighted by atomic mass is 16.5. The summed E-state index contributed by atoms with van der Waals surface area (Å²) in [6.45, 7) is 4.21. The van der Waals surface area contributed by atoms with Crippen molar-refractivity contribution >= 4 is 23.9 Å². The molecule has 0 bridgehead atoms. The lowest BCUT2D eigenvalue weighted by Crippen LogP contribution is -2.53. The van der Waals surface area contributed by atoms with Gasteiger partial charge in [0.05, 0.1) is 0 Å². The van der Waals surface area contributed by atoms with Crippen LogP contribution in [0, 0.1) is 0 Å². The SMILES string of the molecule is C[C@H](NC(=O)[C@H](C)NC(=O)[C@H](C)NC(=O)OCc1ccccc1)C(=O)O. The van der Waals surface area contributed by atoms with Crippen LogP contribution in [0.1, 0.15) is 26.3 Å². The minimum Gasteiger partial charge on any atom is -0.480 e. The van der Waals surface area contributed by atoms with Crippen molar-refractivity contribution in [2.45, 2.75) is 45.5 Å². The van der Waals surface area contributed by atoms with E-state index in [4.69, 9.17) is 9.84 Å². The summed E-state index contributed by atoms with van der Waals surface area (Å²) in [4.78, 5) is 46.2. The molecule has 26 heavy (non-hydrogen) atoms. The van der Waals surface area contributed by atoms with Crippen LogP contribution in [-0.2, 0) is 25.7 Å².